The molecule has 5 rings (SSSR count). The van der Waals surface area contributed by atoms with Crippen LogP contribution in [0.25, 0.3) is 16.8 Å². The second-order valence-electron chi connectivity index (χ2n) is 6.76. The van der Waals surface area contributed by atoms with Crippen LogP contribution in [0.2, 0.25) is 0 Å². The Kier molecular flexibility index (Phi) is 4.98. The smallest absolute Gasteiger partial charge is 0.366 e. The minimum Gasteiger partial charge on any atom is -0.366 e. The van der Waals surface area contributed by atoms with Crippen LogP contribution in [0.4, 0.5) is 13.2 Å². The van der Waals surface area contributed by atoms with Crippen LogP contribution in [-0.2, 0) is 19.1 Å². The van der Waals surface area contributed by atoms with Crippen molar-refractivity contribution in [1.82, 2.24) is 24.4 Å². The summed E-state index contributed by atoms with van der Waals surface area (Å²) < 4.78 is 41.1. The second-order valence-corrected chi connectivity index (χ2v) is 6.76. The lowest BCUT2D eigenvalue weighted by molar-refractivity contribution is -0.141. The highest BCUT2D eigenvalue weighted by Crippen LogP contribution is 2.30. The molecule has 10 heteroatoms. The van der Waals surface area contributed by atoms with Gasteiger partial charge in [-0.05, 0) is 49.2 Å². The van der Waals surface area contributed by atoms with E-state index >= 15 is 0 Å². The quantitative estimate of drug-likeness (QED) is 0.545. The van der Waals surface area contributed by atoms with Crippen molar-refractivity contribution in [2.24, 2.45) is 5.73 Å². The van der Waals surface area contributed by atoms with Crippen LogP contribution in [0.5, 0.6) is 0 Å². The number of hydrogen-bond donors (Lipinski definition) is 1. The van der Waals surface area contributed by atoms with E-state index in [1.807, 2.05) is 16.8 Å². The minimum atomic E-state index is -4.42. The fourth-order valence-corrected chi connectivity index (χ4v) is 3.23. The second kappa shape index (κ2) is 7.62. The van der Waals surface area contributed by atoms with Crippen molar-refractivity contribution in [2.45, 2.75) is 25.6 Å². The number of alkyl halides is 3. The van der Waals surface area contributed by atoms with E-state index in [0.29, 0.717) is 16.8 Å². The first-order chi connectivity index (χ1) is 14.3. The Morgan fingerprint density at radius 3 is 2.67 bits per heavy atom. The summed E-state index contributed by atoms with van der Waals surface area (Å²) in [7, 11) is 0. The van der Waals surface area contributed by atoms with Gasteiger partial charge in [0.15, 0.2) is 0 Å². The molecule has 1 amide bonds. The Bertz CT molecular complexity index is 1160. The summed E-state index contributed by atoms with van der Waals surface area (Å²) in [6.45, 7) is 0.840. The van der Waals surface area contributed by atoms with E-state index < -0.39 is 17.8 Å². The van der Waals surface area contributed by atoms with Crippen LogP contribution < -0.4 is 5.73 Å². The number of halogens is 3. The molecule has 0 radical (unpaired) electrons. The Balaban J connectivity index is 0.000000158. The lowest BCUT2D eigenvalue weighted by atomic mass is 10.1. The first-order valence-electron chi connectivity index (χ1n) is 9.15. The van der Waals surface area contributed by atoms with Gasteiger partial charge in [-0.15, -0.1) is 0 Å². The number of aryl methyl sites for hydroxylation is 2. The van der Waals surface area contributed by atoms with Crippen LogP contribution in [0, 0.1) is 0 Å². The van der Waals surface area contributed by atoms with E-state index in [4.69, 9.17) is 5.73 Å². The number of hydrogen-bond acceptors (Lipinski definition) is 4. The molecule has 0 fully saturated rings. The van der Waals surface area contributed by atoms with Crippen molar-refractivity contribution in [3.8, 4) is 11.3 Å². The molecule has 0 aliphatic carbocycles. The average molecular weight is 414 g/mol. The minimum absolute atomic E-state index is 0.430. The molecule has 1 aliphatic heterocycles. The van der Waals surface area contributed by atoms with Crippen molar-refractivity contribution in [3.05, 3.63) is 71.9 Å². The fourth-order valence-electron chi connectivity index (χ4n) is 3.23. The van der Waals surface area contributed by atoms with Gasteiger partial charge in [-0.1, -0.05) is 0 Å². The average Bonchev–Trinajstić information content (AvgIpc) is 3.42. The zero-order valence-corrected chi connectivity index (χ0v) is 15.7. The third kappa shape index (κ3) is 4.02. The number of pyridine rings is 1. The molecule has 0 aromatic carbocycles. The molecular formula is C20H17F3N6O. The van der Waals surface area contributed by atoms with E-state index in [1.54, 1.807) is 35.1 Å². The third-order valence-corrected chi connectivity index (χ3v) is 4.67. The van der Waals surface area contributed by atoms with E-state index in [1.165, 1.54) is 6.20 Å². The van der Waals surface area contributed by atoms with Crippen molar-refractivity contribution >= 4 is 11.4 Å². The normalized spacial score (nSPS) is 13.0. The molecular weight excluding hydrogens is 397 g/mol. The number of fused-ring (bicyclic) bond motifs is 2. The molecule has 0 bridgehead atoms. The van der Waals surface area contributed by atoms with E-state index in [9.17, 15) is 18.0 Å². The molecule has 0 spiro atoms. The summed E-state index contributed by atoms with van der Waals surface area (Å²) in [5.41, 5.74) is 7.68. The maximum atomic E-state index is 12.6. The van der Waals surface area contributed by atoms with Crippen molar-refractivity contribution < 1.29 is 18.0 Å². The summed E-state index contributed by atoms with van der Waals surface area (Å²) >= 11 is 0. The molecule has 0 atom stereocenters. The number of nitrogens with two attached hydrogens (primary N) is 1. The lowest BCUT2D eigenvalue weighted by Crippen LogP contribution is -2.09. The van der Waals surface area contributed by atoms with Crippen molar-refractivity contribution in [1.29, 1.82) is 0 Å². The van der Waals surface area contributed by atoms with E-state index in [2.05, 4.69) is 15.2 Å². The molecule has 154 valence electrons. The standard InChI is InChI=1S/C12H10F3N3.C8H7N3O/c13-12(14,15)11-6-8(3-4-16-11)10-7-9-2-1-5-18(9)17-10;9-8(12)6-4-7-2-1-3-10-11(7)5-6/h3-4,6-7H,1-2,5H2;1-5H,(H2,9,12). The monoisotopic (exact) mass is 414 g/mol. The van der Waals surface area contributed by atoms with Crippen molar-refractivity contribution in [3.63, 3.8) is 0 Å². The summed E-state index contributed by atoms with van der Waals surface area (Å²) in [5.74, 6) is -0.430. The number of nitrogens with zero attached hydrogens (tertiary/aromatic N) is 5. The summed E-state index contributed by atoms with van der Waals surface area (Å²) in [6, 6.07) is 9.81. The molecule has 0 saturated carbocycles. The van der Waals surface area contributed by atoms with Crippen LogP contribution in [0.3, 0.4) is 0 Å². The van der Waals surface area contributed by atoms with Gasteiger partial charge in [-0.2, -0.15) is 23.4 Å². The summed E-state index contributed by atoms with van der Waals surface area (Å²) in [6.07, 6.45) is 1.99. The first-order valence-corrected chi connectivity index (χ1v) is 9.15. The van der Waals surface area contributed by atoms with Crippen LogP contribution >= 0.6 is 0 Å². The molecule has 7 nitrogen and oxygen atoms in total. The molecule has 2 N–H and O–H groups in total. The maximum Gasteiger partial charge on any atom is 0.433 e. The predicted octanol–water partition coefficient (Wildman–Crippen LogP) is 3.34. The molecule has 5 heterocycles. The van der Waals surface area contributed by atoms with Crippen molar-refractivity contribution in [2.75, 3.05) is 0 Å². The summed E-state index contributed by atoms with van der Waals surface area (Å²) in [4.78, 5) is 14.1. The Hall–Kier alpha value is -3.69. The number of amides is 1. The van der Waals surface area contributed by atoms with E-state index in [0.717, 1.165) is 36.7 Å². The molecule has 0 unspecified atom stereocenters. The zero-order chi connectivity index (χ0) is 21.3. The Labute approximate surface area is 169 Å². The summed E-state index contributed by atoms with van der Waals surface area (Å²) in [5, 5.41) is 8.30. The van der Waals surface area contributed by atoms with Gasteiger partial charge in [0.2, 0.25) is 5.91 Å². The van der Waals surface area contributed by atoms with Gasteiger partial charge < -0.3 is 5.73 Å². The lowest BCUT2D eigenvalue weighted by Gasteiger charge is -2.06. The van der Waals surface area contributed by atoms with Gasteiger partial charge >= 0.3 is 6.18 Å². The number of aromatic nitrogens is 5. The molecule has 4 aromatic heterocycles. The van der Waals surface area contributed by atoms with Crippen LogP contribution in [-0.4, -0.2) is 30.3 Å². The first kappa shape index (κ1) is 19.6. The van der Waals surface area contributed by atoms with Crippen LogP contribution in [0.15, 0.2) is 55.0 Å². The number of primary amides is 1. The topological polar surface area (TPSA) is 91.1 Å². The van der Waals surface area contributed by atoms with Gasteiger partial charge in [-0.25, -0.2) is 4.52 Å². The molecule has 30 heavy (non-hydrogen) atoms. The molecule has 1 aliphatic rings. The van der Waals surface area contributed by atoms with Gasteiger partial charge in [-0.3, -0.25) is 14.5 Å². The zero-order valence-electron chi connectivity index (χ0n) is 15.7. The van der Waals surface area contributed by atoms with Crippen LogP contribution in [0.1, 0.15) is 28.2 Å². The molecule has 4 aromatic rings. The highest BCUT2D eigenvalue weighted by Gasteiger charge is 2.32. The SMILES string of the molecule is FC(F)(F)c1cc(-c2cc3n(n2)CCC3)ccn1.NC(=O)c1cc2cccnn2c1. The largest absolute Gasteiger partial charge is 0.433 e. The number of rotatable bonds is 2. The third-order valence-electron chi connectivity index (χ3n) is 4.67. The predicted molar refractivity (Wildman–Crippen MR) is 102 cm³/mol. The van der Waals surface area contributed by atoms with Gasteiger partial charge in [0, 0.05) is 36.4 Å². The van der Waals surface area contributed by atoms with E-state index in [-0.39, 0.29) is 0 Å². The van der Waals surface area contributed by atoms with Gasteiger partial charge in [0.25, 0.3) is 0 Å². The van der Waals surface area contributed by atoms with Gasteiger partial charge in [0.05, 0.1) is 16.8 Å². The highest BCUT2D eigenvalue weighted by atomic mass is 19.4. The Morgan fingerprint density at radius 2 is 1.97 bits per heavy atom. The fraction of sp³-hybridized carbons (Fsp3) is 0.200. The highest BCUT2D eigenvalue weighted by molar-refractivity contribution is 5.94. The number of carbonyl (C=O) groups is 1. The molecule has 0 saturated heterocycles. The number of carbonyl (C=O) groups excluding carboxylic acids is 1. The van der Waals surface area contributed by atoms with Gasteiger partial charge in [0.1, 0.15) is 5.69 Å². The maximum absolute atomic E-state index is 12.6. The Morgan fingerprint density at radius 1 is 1.13 bits per heavy atom.